The van der Waals surface area contributed by atoms with Crippen LogP contribution in [0.5, 0.6) is 0 Å². The maximum atomic E-state index is 10.3. The fourth-order valence-electron chi connectivity index (χ4n) is 0.851. The van der Waals surface area contributed by atoms with E-state index in [0.717, 1.165) is 0 Å². The lowest BCUT2D eigenvalue weighted by molar-refractivity contribution is -0.548. The Bertz CT molecular complexity index is 124. The van der Waals surface area contributed by atoms with E-state index in [1.807, 2.05) is 0 Å². The zero-order chi connectivity index (χ0) is 8.85. The Labute approximate surface area is 65.4 Å². The van der Waals surface area contributed by atoms with E-state index < -0.39 is 17.3 Å². The lowest BCUT2D eigenvalue weighted by atomic mass is 10.2. The molecule has 0 aromatic heterocycles. The molecule has 1 unspecified atom stereocenters. The topological polar surface area (TPSA) is 61.6 Å². The van der Waals surface area contributed by atoms with Crippen LogP contribution in [0.3, 0.4) is 0 Å². The van der Waals surface area contributed by atoms with Gasteiger partial charge in [0.15, 0.2) is 0 Å². The van der Waals surface area contributed by atoms with Gasteiger partial charge in [0.1, 0.15) is 0 Å². The fourth-order valence-corrected chi connectivity index (χ4v) is 0.851. The molecule has 0 aliphatic heterocycles. The largest absolute Gasteiger partial charge is 0.350 e. The third-order valence-electron chi connectivity index (χ3n) is 1.47. The van der Waals surface area contributed by atoms with Crippen molar-refractivity contribution in [2.45, 2.75) is 25.7 Å². The molecule has 0 spiro atoms. The SMILES string of the molecule is CCC(C(OC)OC)[N+](=O)[O-]. The quantitative estimate of drug-likeness (QED) is 0.339. The summed E-state index contributed by atoms with van der Waals surface area (Å²) in [5.41, 5.74) is 0. The summed E-state index contributed by atoms with van der Waals surface area (Å²) in [4.78, 5) is 9.94. The second kappa shape index (κ2) is 5.03. The van der Waals surface area contributed by atoms with E-state index in [4.69, 9.17) is 9.47 Å². The molecule has 0 saturated heterocycles. The van der Waals surface area contributed by atoms with Gasteiger partial charge < -0.3 is 9.47 Å². The van der Waals surface area contributed by atoms with Crippen molar-refractivity contribution in [3.8, 4) is 0 Å². The van der Waals surface area contributed by atoms with Crippen LogP contribution in [0.2, 0.25) is 0 Å². The van der Waals surface area contributed by atoms with Gasteiger partial charge in [0.05, 0.1) is 0 Å². The minimum atomic E-state index is -0.773. The molecular formula is C6H13NO4. The molecule has 0 heterocycles. The van der Waals surface area contributed by atoms with E-state index in [2.05, 4.69) is 0 Å². The molecule has 0 aromatic rings. The minimum Gasteiger partial charge on any atom is -0.350 e. The molecule has 0 aromatic carbocycles. The van der Waals surface area contributed by atoms with Crippen LogP contribution in [0.15, 0.2) is 0 Å². The van der Waals surface area contributed by atoms with Crippen molar-refractivity contribution in [1.29, 1.82) is 0 Å². The van der Waals surface area contributed by atoms with Crippen LogP contribution in [0.1, 0.15) is 13.3 Å². The van der Waals surface area contributed by atoms with Gasteiger partial charge in [-0.3, -0.25) is 10.1 Å². The van der Waals surface area contributed by atoms with Gasteiger partial charge in [-0.2, -0.15) is 0 Å². The Morgan fingerprint density at radius 2 is 1.91 bits per heavy atom. The molecule has 0 saturated carbocycles. The summed E-state index contributed by atoms with van der Waals surface area (Å²) in [6, 6.07) is -0.773. The molecule has 0 bridgehead atoms. The van der Waals surface area contributed by atoms with Crippen molar-refractivity contribution in [2.75, 3.05) is 14.2 Å². The van der Waals surface area contributed by atoms with Crippen LogP contribution in [-0.2, 0) is 9.47 Å². The van der Waals surface area contributed by atoms with Gasteiger partial charge in [-0.15, -0.1) is 0 Å². The van der Waals surface area contributed by atoms with Crippen molar-refractivity contribution in [3.05, 3.63) is 10.1 Å². The first-order chi connectivity index (χ1) is 5.17. The van der Waals surface area contributed by atoms with Gasteiger partial charge in [-0.1, -0.05) is 6.92 Å². The molecule has 0 aliphatic carbocycles. The van der Waals surface area contributed by atoms with Crippen LogP contribution in [0.4, 0.5) is 0 Å². The summed E-state index contributed by atoms with van der Waals surface area (Å²) in [6.45, 7) is 1.72. The van der Waals surface area contributed by atoms with Crippen molar-refractivity contribution >= 4 is 0 Å². The van der Waals surface area contributed by atoms with E-state index in [0.29, 0.717) is 6.42 Å². The van der Waals surface area contributed by atoms with Crippen molar-refractivity contribution in [2.24, 2.45) is 0 Å². The van der Waals surface area contributed by atoms with Crippen LogP contribution < -0.4 is 0 Å². The first-order valence-corrected chi connectivity index (χ1v) is 3.36. The second-order valence-electron chi connectivity index (χ2n) is 2.10. The minimum absolute atomic E-state index is 0.391. The third kappa shape index (κ3) is 2.81. The average molecular weight is 163 g/mol. The van der Waals surface area contributed by atoms with Gasteiger partial charge in [0.2, 0.25) is 6.29 Å². The Hall–Kier alpha value is -0.680. The molecule has 0 N–H and O–H groups in total. The molecule has 0 aliphatic rings. The third-order valence-corrected chi connectivity index (χ3v) is 1.47. The Balaban J connectivity index is 4.09. The number of methoxy groups -OCH3 is 2. The highest BCUT2D eigenvalue weighted by Gasteiger charge is 2.29. The van der Waals surface area contributed by atoms with E-state index in [-0.39, 0.29) is 0 Å². The molecule has 11 heavy (non-hydrogen) atoms. The maximum absolute atomic E-state index is 10.3. The monoisotopic (exact) mass is 163 g/mol. The molecule has 0 rings (SSSR count). The van der Waals surface area contributed by atoms with Crippen molar-refractivity contribution in [1.82, 2.24) is 0 Å². The van der Waals surface area contributed by atoms with Crippen LogP contribution in [0.25, 0.3) is 0 Å². The number of ether oxygens (including phenoxy) is 2. The fraction of sp³-hybridized carbons (Fsp3) is 1.00. The van der Waals surface area contributed by atoms with E-state index >= 15 is 0 Å². The number of hydrogen-bond donors (Lipinski definition) is 0. The zero-order valence-corrected chi connectivity index (χ0v) is 6.94. The van der Waals surface area contributed by atoms with Gasteiger partial charge >= 0.3 is 0 Å². The highest BCUT2D eigenvalue weighted by atomic mass is 16.7. The van der Waals surface area contributed by atoms with Crippen LogP contribution in [0, 0.1) is 10.1 Å². The number of nitrogens with zero attached hydrogens (tertiary/aromatic N) is 1. The molecule has 5 nitrogen and oxygen atoms in total. The molecule has 1 atom stereocenters. The van der Waals surface area contributed by atoms with E-state index in [9.17, 15) is 10.1 Å². The van der Waals surface area contributed by atoms with E-state index in [1.54, 1.807) is 6.92 Å². The van der Waals surface area contributed by atoms with Crippen molar-refractivity contribution in [3.63, 3.8) is 0 Å². The average Bonchev–Trinajstić information content (AvgIpc) is 1.99. The second-order valence-corrected chi connectivity index (χ2v) is 2.10. The summed E-state index contributed by atoms with van der Waals surface area (Å²) in [5.74, 6) is 0. The predicted octanol–water partition coefficient (Wildman–Crippen LogP) is 0.661. The molecule has 0 amide bonds. The highest BCUT2D eigenvalue weighted by molar-refractivity contribution is 4.57. The Morgan fingerprint density at radius 3 is 2.00 bits per heavy atom. The maximum Gasteiger partial charge on any atom is 0.262 e. The molecule has 0 radical (unpaired) electrons. The molecule has 5 heteroatoms. The van der Waals surface area contributed by atoms with Crippen LogP contribution in [-0.4, -0.2) is 31.5 Å². The zero-order valence-electron chi connectivity index (χ0n) is 6.94. The van der Waals surface area contributed by atoms with Gasteiger partial charge in [-0.25, -0.2) is 0 Å². The molecular weight excluding hydrogens is 150 g/mol. The van der Waals surface area contributed by atoms with Crippen molar-refractivity contribution < 1.29 is 14.4 Å². The lowest BCUT2D eigenvalue weighted by Crippen LogP contribution is -2.35. The first-order valence-electron chi connectivity index (χ1n) is 3.36. The summed E-state index contributed by atoms with van der Waals surface area (Å²) < 4.78 is 9.50. The summed E-state index contributed by atoms with van der Waals surface area (Å²) in [7, 11) is 2.78. The number of hydrogen-bond acceptors (Lipinski definition) is 4. The highest BCUT2D eigenvalue weighted by Crippen LogP contribution is 2.06. The number of rotatable bonds is 5. The van der Waals surface area contributed by atoms with Gasteiger partial charge in [-0.05, 0) is 0 Å². The summed E-state index contributed by atoms with van der Waals surface area (Å²) in [5, 5.41) is 10.3. The van der Waals surface area contributed by atoms with E-state index in [1.165, 1.54) is 14.2 Å². The van der Waals surface area contributed by atoms with Gasteiger partial charge in [0.25, 0.3) is 6.04 Å². The normalized spacial score (nSPS) is 13.5. The first kappa shape index (κ1) is 10.3. The standard InChI is InChI=1S/C6H13NO4/c1-4-5(7(8)9)6(10-2)11-3/h5-6H,4H2,1-3H3. The van der Waals surface area contributed by atoms with Crippen LogP contribution >= 0.6 is 0 Å². The molecule has 0 fully saturated rings. The smallest absolute Gasteiger partial charge is 0.262 e. The van der Waals surface area contributed by atoms with Gasteiger partial charge in [0, 0.05) is 25.6 Å². The molecule has 66 valence electrons. The summed E-state index contributed by atoms with van der Waals surface area (Å²) in [6.07, 6.45) is -0.339. The Morgan fingerprint density at radius 1 is 1.45 bits per heavy atom. The number of nitro groups is 1. The summed E-state index contributed by atoms with van der Waals surface area (Å²) >= 11 is 0. The Kier molecular flexibility index (Phi) is 4.72. The lowest BCUT2D eigenvalue weighted by Gasteiger charge is -2.15. The predicted molar refractivity (Wildman–Crippen MR) is 38.9 cm³/mol.